The molecule has 3 aromatic rings. The lowest BCUT2D eigenvalue weighted by Gasteiger charge is -1.98. The molecule has 0 saturated carbocycles. The number of aromatic nitrogens is 4. The third kappa shape index (κ3) is 2.17. The van der Waals surface area contributed by atoms with Crippen LogP contribution in [0.3, 0.4) is 0 Å². The van der Waals surface area contributed by atoms with Crippen LogP contribution in [-0.4, -0.2) is 27.5 Å². The van der Waals surface area contributed by atoms with Crippen LogP contribution in [0.1, 0.15) is 5.89 Å². The van der Waals surface area contributed by atoms with Crippen molar-refractivity contribution in [2.24, 2.45) is 0 Å². The average Bonchev–Trinajstić information content (AvgIpc) is 3.07. The van der Waals surface area contributed by atoms with E-state index in [0.717, 1.165) is 11.3 Å². The molecule has 0 spiro atoms. The summed E-state index contributed by atoms with van der Waals surface area (Å²) in [7, 11) is 1.61. The Morgan fingerprint density at radius 2 is 1.47 bits per heavy atom. The molecule has 0 aliphatic heterocycles. The normalized spacial score (nSPS) is 10.6. The minimum atomic E-state index is 0.200. The van der Waals surface area contributed by atoms with Crippen LogP contribution in [-0.2, 0) is 0 Å². The fourth-order valence-electron chi connectivity index (χ4n) is 1.54. The van der Waals surface area contributed by atoms with Crippen molar-refractivity contribution >= 4 is 0 Å². The Labute approximate surface area is 108 Å². The molecule has 3 rings (SSSR count). The third-order valence-electron chi connectivity index (χ3n) is 2.47. The van der Waals surface area contributed by atoms with Gasteiger partial charge in [-0.25, -0.2) is 0 Å². The molecular weight excluding hydrogens is 248 g/mol. The van der Waals surface area contributed by atoms with Crippen LogP contribution in [0.15, 0.2) is 33.1 Å². The summed E-state index contributed by atoms with van der Waals surface area (Å²) in [5, 5.41) is 15.3. The molecule has 7 heteroatoms. The van der Waals surface area contributed by atoms with Crippen LogP contribution in [0, 0.1) is 6.92 Å². The van der Waals surface area contributed by atoms with Gasteiger partial charge in [0.25, 0.3) is 0 Å². The van der Waals surface area contributed by atoms with Gasteiger partial charge in [-0.15, -0.1) is 20.4 Å². The van der Waals surface area contributed by atoms with E-state index in [1.165, 1.54) is 0 Å². The quantitative estimate of drug-likeness (QED) is 0.710. The van der Waals surface area contributed by atoms with E-state index in [2.05, 4.69) is 20.4 Å². The summed E-state index contributed by atoms with van der Waals surface area (Å²) < 4.78 is 15.8. The highest BCUT2D eigenvalue weighted by molar-refractivity contribution is 5.55. The first-order valence-corrected chi connectivity index (χ1v) is 5.54. The largest absolute Gasteiger partial charge is 0.497 e. The summed E-state index contributed by atoms with van der Waals surface area (Å²) >= 11 is 0. The van der Waals surface area contributed by atoms with Crippen molar-refractivity contribution in [1.82, 2.24) is 20.4 Å². The summed E-state index contributed by atoms with van der Waals surface area (Å²) in [5.74, 6) is 2.00. The van der Waals surface area contributed by atoms with Crippen molar-refractivity contribution in [3.05, 3.63) is 30.2 Å². The zero-order chi connectivity index (χ0) is 13.2. The van der Waals surface area contributed by atoms with E-state index in [4.69, 9.17) is 13.6 Å². The maximum Gasteiger partial charge on any atom is 0.306 e. The molecular formula is C12H10N4O3. The zero-order valence-corrected chi connectivity index (χ0v) is 10.3. The van der Waals surface area contributed by atoms with Crippen LogP contribution in [0.25, 0.3) is 23.2 Å². The molecule has 0 aliphatic carbocycles. The van der Waals surface area contributed by atoms with Gasteiger partial charge in [-0.3, -0.25) is 0 Å². The van der Waals surface area contributed by atoms with Gasteiger partial charge in [0.15, 0.2) is 0 Å². The number of hydrogen-bond donors (Lipinski definition) is 0. The van der Waals surface area contributed by atoms with Gasteiger partial charge in [-0.1, -0.05) is 0 Å². The molecule has 19 heavy (non-hydrogen) atoms. The van der Waals surface area contributed by atoms with Crippen molar-refractivity contribution in [3.8, 4) is 29.0 Å². The van der Waals surface area contributed by atoms with Crippen LogP contribution in [0.5, 0.6) is 5.75 Å². The molecule has 7 nitrogen and oxygen atoms in total. The summed E-state index contributed by atoms with van der Waals surface area (Å²) in [6, 6.07) is 7.29. The number of nitrogens with zero attached hydrogens (tertiary/aromatic N) is 4. The summed E-state index contributed by atoms with van der Waals surface area (Å²) in [5.41, 5.74) is 0.788. The first-order valence-electron chi connectivity index (χ1n) is 5.54. The first-order chi connectivity index (χ1) is 9.26. The Bertz CT molecular complexity index is 687. The number of rotatable bonds is 3. The fraction of sp³-hybridized carbons (Fsp3) is 0.167. The van der Waals surface area contributed by atoms with E-state index in [0.29, 0.717) is 11.8 Å². The molecule has 1 aromatic carbocycles. The van der Waals surface area contributed by atoms with Crippen molar-refractivity contribution in [2.75, 3.05) is 7.11 Å². The molecule has 0 atom stereocenters. The highest BCUT2D eigenvalue weighted by Crippen LogP contribution is 2.24. The van der Waals surface area contributed by atoms with E-state index in [9.17, 15) is 0 Å². The second-order valence-corrected chi connectivity index (χ2v) is 3.77. The van der Waals surface area contributed by atoms with E-state index in [1.54, 1.807) is 14.0 Å². The molecule has 96 valence electrons. The zero-order valence-electron chi connectivity index (χ0n) is 10.3. The van der Waals surface area contributed by atoms with Crippen molar-refractivity contribution in [2.45, 2.75) is 6.92 Å². The van der Waals surface area contributed by atoms with Crippen molar-refractivity contribution < 1.29 is 13.6 Å². The van der Waals surface area contributed by atoms with Gasteiger partial charge < -0.3 is 13.6 Å². The lowest BCUT2D eigenvalue weighted by atomic mass is 10.2. The van der Waals surface area contributed by atoms with Gasteiger partial charge in [0.2, 0.25) is 11.8 Å². The summed E-state index contributed by atoms with van der Waals surface area (Å²) in [6.07, 6.45) is 0. The molecule has 0 radical (unpaired) electrons. The van der Waals surface area contributed by atoms with Crippen molar-refractivity contribution in [1.29, 1.82) is 0 Å². The van der Waals surface area contributed by atoms with E-state index in [1.807, 2.05) is 24.3 Å². The Balaban J connectivity index is 1.91. The van der Waals surface area contributed by atoms with E-state index >= 15 is 0 Å². The van der Waals surface area contributed by atoms with Crippen LogP contribution < -0.4 is 4.74 Å². The molecule has 0 aliphatic rings. The summed E-state index contributed by atoms with van der Waals surface area (Å²) in [6.45, 7) is 1.69. The maximum absolute atomic E-state index is 5.48. The Morgan fingerprint density at radius 3 is 2.11 bits per heavy atom. The van der Waals surface area contributed by atoms with Crippen LogP contribution >= 0.6 is 0 Å². The first kappa shape index (κ1) is 11.4. The van der Waals surface area contributed by atoms with E-state index in [-0.39, 0.29) is 11.8 Å². The number of ether oxygens (including phenoxy) is 1. The molecule has 0 fully saturated rings. The van der Waals surface area contributed by atoms with Crippen LogP contribution in [0.2, 0.25) is 0 Å². The highest BCUT2D eigenvalue weighted by Gasteiger charge is 2.15. The van der Waals surface area contributed by atoms with Gasteiger partial charge >= 0.3 is 11.8 Å². The molecule has 2 aromatic heterocycles. The van der Waals surface area contributed by atoms with Gasteiger partial charge in [-0.2, -0.15) is 0 Å². The highest BCUT2D eigenvalue weighted by atomic mass is 16.5. The number of aryl methyl sites for hydroxylation is 1. The van der Waals surface area contributed by atoms with Crippen LogP contribution in [0.4, 0.5) is 0 Å². The Hall–Kier alpha value is -2.70. The third-order valence-corrected chi connectivity index (χ3v) is 2.47. The predicted molar refractivity (Wildman–Crippen MR) is 64.3 cm³/mol. The predicted octanol–water partition coefficient (Wildman–Crippen LogP) is 2.10. The van der Waals surface area contributed by atoms with Gasteiger partial charge in [0.05, 0.1) is 7.11 Å². The number of hydrogen-bond acceptors (Lipinski definition) is 7. The molecule has 2 heterocycles. The number of benzene rings is 1. The lowest BCUT2D eigenvalue weighted by Crippen LogP contribution is -1.82. The lowest BCUT2D eigenvalue weighted by molar-refractivity contribution is 0.415. The average molecular weight is 258 g/mol. The van der Waals surface area contributed by atoms with E-state index < -0.39 is 0 Å². The smallest absolute Gasteiger partial charge is 0.306 e. The Kier molecular flexibility index (Phi) is 2.71. The summed E-state index contributed by atoms with van der Waals surface area (Å²) in [4.78, 5) is 0. The molecule has 0 bridgehead atoms. The molecule has 0 saturated heterocycles. The standard InChI is InChI=1S/C12H10N4O3/c1-7-13-15-11(18-7)12-16-14-10(19-12)8-3-5-9(17-2)6-4-8/h3-6H,1-2H3. The second kappa shape index (κ2) is 4.52. The number of methoxy groups -OCH3 is 1. The Morgan fingerprint density at radius 1 is 0.842 bits per heavy atom. The fourth-order valence-corrected chi connectivity index (χ4v) is 1.54. The minimum absolute atomic E-state index is 0.200. The molecule has 0 amide bonds. The van der Waals surface area contributed by atoms with Gasteiger partial charge in [0.1, 0.15) is 5.75 Å². The van der Waals surface area contributed by atoms with Gasteiger partial charge in [0, 0.05) is 12.5 Å². The van der Waals surface area contributed by atoms with Gasteiger partial charge in [-0.05, 0) is 24.3 Å². The maximum atomic E-state index is 5.48. The van der Waals surface area contributed by atoms with Crippen molar-refractivity contribution in [3.63, 3.8) is 0 Å². The second-order valence-electron chi connectivity index (χ2n) is 3.77. The molecule has 0 N–H and O–H groups in total. The molecule has 0 unspecified atom stereocenters. The minimum Gasteiger partial charge on any atom is -0.497 e. The topological polar surface area (TPSA) is 87.1 Å². The SMILES string of the molecule is COc1ccc(-c2nnc(-c3nnc(C)o3)o2)cc1. The monoisotopic (exact) mass is 258 g/mol.